The number of alkyl halides is 2. The number of aliphatic hydroxyl groups excluding tert-OH is 1. The van der Waals surface area contributed by atoms with Gasteiger partial charge in [-0.05, 0) is 19.1 Å². The predicted octanol–water partition coefficient (Wildman–Crippen LogP) is 1.39. The number of carboxylic acids is 1. The Morgan fingerprint density at radius 3 is 2.67 bits per heavy atom. The third-order valence-corrected chi connectivity index (χ3v) is 7.50. The highest BCUT2D eigenvalue weighted by Gasteiger charge is 2.55. The van der Waals surface area contributed by atoms with E-state index < -0.39 is 59.8 Å². The lowest BCUT2D eigenvalue weighted by atomic mass is 10.2. The Morgan fingerprint density at radius 1 is 1.39 bits per heavy atom. The summed E-state index contributed by atoms with van der Waals surface area (Å²) in [5.74, 6) is -1.16. The molecule has 0 saturated carbocycles. The highest BCUT2D eigenvalue weighted by Crippen LogP contribution is 2.50. The SMILES string of the molecule is C[C@H](N[P@](=O)(OC[C@H]1O[C@@H](n2ccc(=O)[nH]c2=O)[C@](Cl)(Br)[C@@H]1O)Oc1ccccc1)C(=O)O. The van der Waals surface area contributed by atoms with Gasteiger partial charge >= 0.3 is 19.4 Å². The van der Waals surface area contributed by atoms with E-state index in [1.165, 1.54) is 19.1 Å². The number of ether oxygens (including phenoxy) is 1. The summed E-state index contributed by atoms with van der Waals surface area (Å²) in [5.41, 5.74) is -1.47. The van der Waals surface area contributed by atoms with Gasteiger partial charge in [0.1, 0.15) is 24.0 Å². The van der Waals surface area contributed by atoms with Crippen molar-refractivity contribution < 1.29 is 33.4 Å². The number of rotatable bonds is 9. The molecule has 1 aromatic carbocycles. The van der Waals surface area contributed by atoms with E-state index >= 15 is 0 Å². The zero-order valence-corrected chi connectivity index (χ0v) is 20.2. The van der Waals surface area contributed by atoms with Crippen LogP contribution in [0.5, 0.6) is 5.75 Å². The molecule has 0 unspecified atom stereocenters. The van der Waals surface area contributed by atoms with Crippen molar-refractivity contribution in [2.45, 2.75) is 35.2 Å². The van der Waals surface area contributed by atoms with Crippen LogP contribution >= 0.6 is 35.3 Å². The number of nitrogens with zero attached hydrogens (tertiary/aromatic N) is 1. The average molecular weight is 569 g/mol. The van der Waals surface area contributed by atoms with Gasteiger partial charge < -0.3 is 19.5 Å². The lowest BCUT2D eigenvalue weighted by molar-refractivity contribution is -0.138. The molecule has 4 N–H and O–H groups in total. The third kappa shape index (κ3) is 5.93. The van der Waals surface area contributed by atoms with E-state index in [0.717, 1.165) is 16.8 Å². The van der Waals surface area contributed by atoms with Gasteiger partial charge in [0.2, 0.25) is 0 Å². The quantitative estimate of drug-likeness (QED) is 0.256. The first-order chi connectivity index (χ1) is 15.4. The van der Waals surface area contributed by atoms with Crippen LogP contribution in [0.2, 0.25) is 0 Å². The Balaban J connectivity index is 1.80. The van der Waals surface area contributed by atoms with Crippen LogP contribution in [0.15, 0.2) is 52.2 Å². The molecule has 1 fully saturated rings. The number of H-pyrrole nitrogens is 1. The Labute approximate surface area is 200 Å². The number of para-hydroxylation sites is 1. The van der Waals surface area contributed by atoms with E-state index in [-0.39, 0.29) is 5.75 Å². The molecule has 0 radical (unpaired) electrons. The van der Waals surface area contributed by atoms with Crippen molar-refractivity contribution in [2.75, 3.05) is 6.61 Å². The molecule has 0 amide bonds. The molecular formula is C18H20BrClN3O9P. The summed E-state index contributed by atoms with van der Waals surface area (Å²) in [6, 6.07) is 7.68. The van der Waals surface area contributed by atoms with Gasteiger partial charge in [-0.1, -0.05) is 45.7 Å². The third-order valence-electron chi connectivity index (χ3n) is 4.58. The summed E-state index contributed by atoms with van der Waals surface area (Å²) in [7, 11) is -4.28. The minimum absolute atomic E-state index is 0.142. The fourth-order valence-electron chi connectivity index (χ4n) is 2.89. The fourth-order valence-corrected chi connectivity index (χ4v) is 5.32. The maximum atomic E-state index is 13.3. The lowest BCUT2D eigenvalue weighted by Crippen LogP contribution is -2.41. The second-order valence-electron chi connectivity index (χ2n) is 7.05. The van der Waals surface area contributed by atoms with E-state index in [2.05, 4.69) is 21.0 Å². The number of hydrogen-bond acceptors (Lipinski definition) is 8. The van der Waals surface area contributed by atoms with E-state index in [1.807, 2.05) is 4.98 Å². The van der Waals surface area contributed by atoms with Crippen molar-refractivity contribution in [3.63, 3.8) is 0 Å². The number of halogens is 2. The summed E-state index contributed by atoms with van der Waals surface area (Å²) >= 11 is 9.50. The first-order valence-corrected chi connectivity index (χ1v) is 12.2. The van der Waals surface area contributed by atoms with E-state index in [0.29, 0.717) is 0 Å². The fraction of sp³-hybridized carbons (Fsp3) is 0.389. The van der Waals surface area contributed by atoms with Gasteiger partial charge in [0.05, 0.1) is 6.61 Å². The van der Waals surface area contributed by atoms with Crippen LogP contribution in [0, 0.1) is 0 Å². The highest BCUT2D eigenvalue weighted by molar-refractivity contribution is 9.10. The molecule has 1 saturated heterocycles. The number of aliphatic carboxylic acids is 1. The van der Waals surface area contributed by atoms with Crippen LogP contribution < -0.4 is 20.9 Å². The van der Waals surface area contributed by atoms with Crippen molar-refractivity contribution in [2.24, 2.45) is 0 Å². The summed E-state index contributed by atoms with van der Waals surface area (Å²) in [5, 5.41) is 22.1. The minimum atomic E-state index is -4.28. The van der Waals surface area contributed by atoms with Gasteiger partial charge in [-0.3, -0.25) is 23.7 Å². The second-order valence-corrected chi connectivity index (χ2v) is 11.1. The zero-order chi connectivity index (χ0) is 24.4. The van der Waals surface area contributed by atoms with Crippen LogP contribution in [0.1, 0.15) is 13.2 Å². The van der Waals surface area contributed by atoms with Crippen LogP contribution in [0.3, 0.4) is 0 Å². The molecule has 0 spiro atoms. The van der Waals surface area contributed by atoms with Crippen molar-refractivity contribution >= 4 is 41.2 Å². The number of aliphatic hydroxyl groups is 1. The monoisotopic (exact) mass is 567 g/mol. The molecule has 0 bridgehead atoms. The Hall–Kier alpha value is -1.99. The smallest absolute Gasteiger partial charge is 0.459 e. The first-order valence-electron chi connectivity index (χ1n) is 9.45. The molecule has 1 aliphatic rings. The standard InChI is InChI=1S/C18H20BrClN3O9P/c1-10(15(26)27)22-33(29,32-11-5-3-2-4-6-11)30-9-12-14(25)18(19,20)16(31-12)23-8-7-13(24)21-17(23)28/h2-8,10,12,14,16,25H,9H2,1H3,(H,22,29)(H,26,27)(H,21,24,28)/t10-,12+,14+,16+,18-,33-/m0/s1. The molecule has 180 valence electrons. The Kier molecular flexibility index (Phi) is 7.84. The first kappa shape index (κ1) is 25.6. The number of hydrogen-bond donors (Lipinski definition) is 4. The van der Waals surface area contributed by atoms with Crippen molar-refractivity contribution in [3.8, 4) is 5.75 Å². The Morgan fingerprint density at radius 2 is 2.06 bits per heavy atom. The van der Waals surface area contributed by atoms with Gasteiger partial charge in [-0.15, -0.1) is 0 Å². The van der Waals surface area contributed by atoms with Crippen molar-refractivity contribution in [3.05, 3.63) is 63.4 Å². The number of aromatic amines is 1. The molecule has 1 aliphatic heterocycles. The number of benzene rings is 1. The second kappa shape index (κ2) is 10.1. The van der Waals surface area contributed by atoms with Gasteiger partial charge in [-0.2, -0.15) is 5.09 Å². The Bertz CT molecular complexity index is 1160. The molecule has 1 aromatic heterocycles. The maximum absolute atomic E-state index is 13.3. The van der Waals surface area contributed by atoms with E-state index in [1.54, 1.807) is 18.2 Å². The molecule has 33 heavy (non-hydrogen) atoms. The largest absolute Gasteiger partial charge is 0.480 e. The molecule has 0 aliphatic carbocycles. The predicted molar refractivity (Wildman–Crippen MR) is 120 cm³/mol. The summed E-state index contributed by atoms with van der Waals surface area (Å²) < 4.78 is 29.0. The van der Waals surface area contributed by atoms with Crippen LogP contribution in [-0.2, 0) is 18.6 Å². The zero-order valence-electron chi connectivity index (χ0n) is 17.0. The lowest BCUT2D eigenvalue weighted by Gasteiger charge is -2.25. The van der Waals surface area contributed by atoms with Gasteiger partial charge in [0.15, 0.2) is 10.0 Å². The molecule has 2 aromatic rings. The van der Waals surface area contributed by atoms with E-state index in [4.69, 9.17) is 30.5 Å². The molecule has 12 nitrogen and oxygen atoms in total. The van der Waals surface area contributed by atoms with Crippen molar-refractivity contribution in [1.82, 2.24) is 14.6 Å². The minimum Gasteiger partial charge on any atom is -0.480 e. The summed E-state index contributed by atoms with van der Waals surface area (Å²) in [6.45, 7) is 0.688. The molecule has 15 heteroatoms. The molecule has 6 atom stereocenters. The average Bonchev–Trinajstić information content (AvgIpc) is 2.96. The summed E-state index contributed by atoms with van der Waals surface area (Å²) in [4.78, 5) is 36.8. The highest BCUT2D eigenvalue weighted by atomic mass is 79.9. The van der Waals surface area contributed by atoms with Gasteiger partial charge in [0.25, 0.3) is 5.56 Å². The number of carboxylic acid groups (broad SMARTS) is 1. The van der Waals surface area contributed by atoms with Crippen LogP contribution in [0.25, 0.3) is 0 Å². The molecule has 2 heterocycles. The van der Waals surface area contributed by atoms with E-state index in [9.17, 15) is 24.1 Å². The van der Waals surface area contributed by atoms with Crippen molar-refractivity contribution in [1.29, 1.82) is 0 Å². The summed E-state index contributed by atoms with van der Waals surface area (Å²) in [6.07, 6.45) is -2.85. The van der Waals surface area contributed by atoms with Crippen LogP contribution in [0.4, 0.5) is 0 Å². The van der Waals surface area contributed by atoms with Gasteiger partial charge in [-0.25, -0.2) is 9.36 Å². The number of nitrogens with one attached hydrogen (secondary N) is 2. The van der Waals surface area contributed by atoms with Gasteiger partial charge in [0, 0.05) is 12.3 Å². The number of aromatic nitrogens is 2. The molecular weight excluding hydrogens is 549 g/mol. The molecule has 3 rings (SSSR count). The normalized spacial score (nSPS) is 27.6. The number of carbonyl (C=O) groups is 1. The van der Waals surface area contributed by atoms with Crippen LogP contribution in [-0.4, -0.2) is 54.4 Å². The topological polar surface area (TPSA) is 169 Å². The maximum Gasteiger partial charge on any atom is 0.459 e.